The molecular weight excluding hydrogens is 599 g/mol. The largest absolute Gasteiger partial charge is 0.743 e. The normalized spacial score (nSPS) is 14.5. The molecule has 0 saturated heterocycles. The van der Waals surface area contributed by atoms with Gasteiger partial charge in [0.15, 0.2) is 21.7 Å². The zero-order valence-corrected chi connectivity index (χ0v) is 24.7. The van der Waals surface area contributed by atoms with E-state index in [9.17, 15) is 21.4 Å². The van der Waals surface area contributed by atoms with Crippen molar-refractivity contribution in [2.75, 3.05) is 17.3 Å². The molecule has 0 unspecified atom stereocenters. The van der Waals surface area contributed by atoms with Crippen LogP contribution in [0.4, 0.5) is 5.69 Å². The number of benzene rings is 4. The third-order valence-corrected chi connectivity index (χ3v) is 9.22. The molecule has 0 aliphatic carbocycles. The van der Waals surface area contributed by atoms with E-state index in [1.165, 1.54) is 20.8 Å². The standard InChI is InChI=1S/C29H25N3O7S3/c1-2-30-39-42(36,37)19-31-24-16-22(20-8-4-3-5-9-20)12-14-25(24)38-27(31)17-28-32(18-41(33,34)35)29-23-11-7-6-10-21(23)13-15-26(29)40-28/h3-17,30H,2,18-19H2,1H3. The summed E-state index contributed by atoms with van der Waals surface area (Å²) in [6.07, 6.45) is 1.55. The van der Waals surface area contributed by atoms with Gasteiger partial charge in [0.2, 0.25) is 17.3 Å². The Hall–Kier alpha value is -3.85. The second-order valence-electron chi connectivity index (χ2n) is 9.52. The molecule has 1 N–H and O–H groups in total. The molecule has 4 aromatic carbocycles. The molecule has 0 radical (unpaired) electrons. The van der Waals surface area contributed by atoms with Crippen LogP contribution < -0.4 is 19.7 Å². The van der Waals surface area contributed by atoms with Crippen molar-refractivity contribution in [3.05, 3.63) is 95.8 Å². The third kappa shape index (κ3) is 5.75. The summed E-state index contributed by atoms with van der Waals surface area (Å²) in [5.74, 6) is -0.862. The first-order valence-corrected chi connectivity index (χ1v) is 16.9. The average molecular weight is 624 g/mol. The van der Waals surface area contributed by atoms with Crippen LogP contribution in [0.15, 0.2) is 90.8 Å². The number of thiazole rings is 1. The van der Waals surface area contributed by atoms with Gasteiger partial charge in [-0.25, -0.2) is 8.42 Å². The monoisotopic (exact) mass is 623 g/mol. The number of nitrogens with one attached hydrogen (secondary N) is 1. The van der Waals surface area contributed by atoms with Gasteiger partial charge < -0.3 is 9.29 Å². The molecule has 2 heterocycles. The van der Waals surface area contributed by atoms with Gasteiger partial charge in [-0.05, 0) is 40.8 Å². The van der Waals surface area contributed by atoms with Crippen molar-refractivity contribution >= 4 is 64.3 Å². The van der Waals surface area contributed by atoms with Crippen LogP contribution in [0.2, 0.25) is 0 Å². The second kappa shape index (κ2) is 11.1. The molecule has 5 aromatic rings. The predicted molar refractivity (Wildman–Crippen MR) is 161 cm³/mol. The summed E-state index contributed by atoms with van der Waals surface area (Å²) >= 11 is 1.26. The number of nitrogens with zero attached hydrogens (tertiary/aromatic N) is 2. The van der Waals surface area contributed by atoms with E-state index in [-0.39, 0.29) is 12.4 Å². The van der Waals surface area contributed by atoms with Crippen LogP contribution in [0.3, 0.4) is 0 Å². The van der Waals surface area contributed by atoms with Crippen molar-refractivity contribution in [3.8, 4) is 16.9 Å². The Morgan fingerprint density at radius 1 is 0.976 bits per heavy atom. The molecule has 6 rings (SSSR count). The van der Waals surface area contributed by atoms with Gasteiger partial charge in [0.25, 0.3) is 5.01 Å². The van der Waals surface area contributed by atoms with Gasteiger partial charge >= 0.3 is 10.1 Å². The summed E-state index contributed by atoms with van der Waals surface area (Å²) in [6, 6.07) is 26.3. The molecule has 0 bridgehead atoms. The van der Waals surface area contributed by atoms with E-state index in [2.05, 4.69) is 5.48 Å². The maximum atomic E-state index is 12.9. The second-order valence-corrected chi connectivity index (χ2v) is 13.5. The van der Waals surface area contributed by atoms with Gasteiger partial charge in [-0.3, -0.25) is 4.90 Å². The van der Waals surface area contributed by atoms with Crippen LogP contribution in [0.1, 0.15) is 11.9 Å². The van der Waals surface area contributed by atoms with Crippen LogP contribution in [0, 0.1) is 0 Å². The Morgan fingerprint density at radius 3 is 2.50 bits per heavy atom. The van der Waals surface area contributed by atoms with E-state index in [4.69, 9.17) is 9.02 Å². The maximum absolute atomic E-state index is 12.9. The van der Waals surface area contributed by atoms with Crippen LogP contribution in [0.25, 0.3) is 38.2 Å². The van der Waals surface area contributed by atoms with Gasteiger partial charge in [0, 0.05) is 6.54 Å². The Morgan fingerprint density at radius 2 is 1.74 bits per heavy atom. The first-order chi connectivity index (χ1) is 20.1. The third-order valence-electron chi connectivity index (χ3n) is 6.60. The van der Waals surface area contributed by atoms with E-state index in [0.29, 0.717) is 22.0 Å². The first kappa shape index (κ1) is 28.3. The lowest BCUT2D eigenvalue weighted by Gasteiger charge is -2.18. The fraction of sp³-hybridized carbons (Fsp3) is 0.138. The molecule has 216 valence electrons. The van der Waals surface area contributed by atoms with Crippen LogP contribution in [-0.2, 0) is 30.4 Å². The SMILES string of the molecule is CCNOS(=O)(=O)CN1C(=Cc2sc3ccc4ccccc4c3[n+]2CS(=O)(=O)[O-])Oc2ccc(-c3ccccc3)cc21. The molecule has 13 heteroatoms. The van der Waals surface area contributed by atoms with Gasteiger partial charge in [-0.2, -0.15) is 22.7 Å². The van der Waals surface area contributed by atoms with Gasteiger partial charge in [-0.15, -0.1) is 0 Å². The van der Waals surface area contributed by atoms with Crippen molar-refractivity contribution in [3.63, 3.8) is 0 Å². The van der Waals surface area contributed by atoms with Crippen molar-refractivity contribution < 1.29 is 35.0 Å². The molecule has 42 heavy (non-hydrogen) atoms. The lowest BCUT2D eigenvalue weighted by molar-refractivity contribution is -0.648. The molecule has 1 aliphatic rings. The minimum absolute atomic E-state index is 0.131. The minimum Gasteiger partial charge on any atom is -0.743 e. The highest BCUT2D eigenvalue weighted by atomic mass is 32.2. The van der Waals surface area contributed by atoms with Crippen molar-refractivity contribution in [2.24, 2.45) is 0 Å². The molecule has 1 aromatic heterocycles. The first-order valence-electron chi connectivity index (χ1n) is 12.9. The minimum atomic E-state index is -4.69. The molecule has 0 amide bonds. The summed E-state index contributed by atoms with van der Waals surface area (Å²) in [5, 5.41) is 2.05. The van der Waals surface area contributed by atoms with E-state index >= 15 is 0 Å². The Labute approximate surface area is 246 Å². The van der Waals surface area contributed by atoms with Crippen LogP contribution in [0.5, 0.6) is 5.75 Å². The summed E-state index contributed by atoms with van der Waals surface area (Å²) in [7, 11) is -8.81. The molecular formula is C29H25N3O7S3. The Bertz CT molecular complexity index is 2060. The number of anilines is 1. The zero-order chi connectivity index (χ0) is 29.5. The fourth-order valence-corrected chi connectivity index (χ4v) is 7.56. The zero-order valence-electron chi connectivity index (χ0n) is 22.3. The fourth-order valence-electron chi connectivity index (χ4n) is 4.86. The lowest BCUT2D eigenvalue weighted by Crippen LogP contribution is -2.39. The number of hydroxylamine groups is 1. The lowest BCUT2D eigenvalue weighted by atomic mass is 10.0. The number of hydrogen-bond acceptors (Lipinski definition) is 10. The number of fused-ring (bicyclic) bond motifs is 4. The Kier molecular flexibility index (Phi) is 7.47. The predicted octanol–water partition coefficient (Wildman–Crippen LogP) is 4.54. The molecule has 0 spiro atoms. The highest BCUT2D eigenvalue weighted by Crippen LogP contribution is 2.43. The Balaban J connectivity index is 1.52. The summed E-state index contributed by atoms with van der Waals surface area (Å²) < 4.78 is 75.2. The van der Waals surface area contributed by atoms with Gasteiger partial charge in [0.05, 0.1) is 17.1 Å². The maximum Gasteiger partial charge on any atom is 0.302 e. The molecule has 0 saturated carbocycles. The highest BCUT2D eigenvalue weighted by molar-refractivity contribution is 7.86. The summed E-state index contributed by atoms with van der Waals surface area (Å²) in [6.45, 7) is 1.97. The summed E-state index contributed by atoms with van der Waals surface area (Å²) in [5.41, 5.74) is 5.22. The van der Waals surface area contributed by atoms with E-state index in [1.54, 1.807) is 19.1 Å². The number of rotatable bonds is 9. The van der Waals surface area contributed by atoms with Gasteiger partial charge in [-0.1, -0.05) is 78.9 Å². The number of ether oxygens (including phenoxy) is 1. The number of hydrogen-bond donors (Lipinski definition) is 1. The average Bonchev–Trinajstić information content (AvgIpc) is 3.48. The van der Waals surface area contributed by atoms with Gasteiger partial charge in [0.1, 0.15) is 4.70 Å². The highest BCUT2D eigenvalue weighted by Gasteiger charge is 2.34. The quantitative estimate of drug-likeness (QED) is 0.143. The number of aromatic nitrogens is 1. The molecule has 0 atom stereocenters. The van der Waals surface area contributed by atoms with Crippen LogP contribution >= 0.6 is 11.3 Å². The smallest absolute Gasteiger partial charge is 0.302 e. The summed E-state index contributed by atoms with van der Waals surface area (Å²) in [4.78, 5) is 1.45. The molecule has 1 aliphatic heterocycles. The van der Waals surface area contributed by atoms with E-state index < -0.39 is 32.0 Å². The van der Waals surface area contributed by atoms with Crippen molar-refractivity contribution in [1.29, 1.82) is 0 Å². The molecule has 0 fully saturated rings. The van der Waals surface area contributed by atoms with Crippen molar-refractivity contribution in [1.82, 2.24) is 5.48 Å². The van der Waals surface area contributed by atoms with E-state index in [0.717, 1.165) is 26.6 Å². The molecule has 10 nitrogen and oxygen atoms in total. The van der Waals surface area contributed by atoms with Crippen LogP contribution in [-0.4, -0.2) is 33.8 Å². The topological polar surface area (TPSA) is 129 Å². The van der Waals surface area contributed by atoms with E-state index in [1.807, 2.05) is 78.9 Å². The van der Waals surface area contributed by atoms with Crippen molar-refractivity contribution in [2.45, 2.75) is 12.8 Å².